The number of hydrogen-bond acceptors (Lipinski definition) is 3. The lowest BCUT2D eigenvalue weighted by atomic mass is 10.1. The highest BCUT2D eigenvalue weighted by Gasteiger charge is 1.90. The van der Waals surface area contributed by atoms with Crippen LogP contribution in [0.2, 0.25) is 0 Å². The van der Waals surface area contributed by atoms with Crippen molar-refractivity contribution in [2.75, 3.05) is 5.73 Å². The summed E-state index contributed by atoms with van der Waals surface area (Å²) < 4.78 is 0. The number of aryl methyl sites for hydroxylation is 1. The first-order chi connectivity index (χ1) is 11.7. The maximum atomic E-state index is 5.62. The SMILES string of the molecule is Cc1ccc2ccccc2c1.N=N.Nc1ccc2ccccc2c1. The highest BCUT2D eigenvalue weighted by Crippen LogP contribution is 2.16. The molecule has 4 N–H and O–H groups in total. The molecule has 0 fully saturated rings. The van der Waals surface area contributed by atoms with Crippen molar-refractivity contribution in [1.82, 2.24) is 0 Å². The highest BCUT2D eigenvalue weighted by molar-refractivity contribution is 5.85. The molecule has 4 rings (SSSR count). The van der Waals surface area contributed by atoms with Crippen molar-refractivity contribution in [3.63, 3.8) is 0 Å². The summed E-state index contributed by atoms with van der Waals surface area (Å²) in [6.07, 6.45) is 0. The summed E-state index contributed by atoms with van der Waals surface area (Å²) >= 11 is 0. The lowest BCUT2D eigenvalue weighted by molar-refractivity contribution is 1.05. The molecule has 0 aromatic heterocycles. The van der Waals surface area contributed by atoms with Gasteiger partial charge >= 0.3 is 0 Å². The van der Waals surface area contributed by atoms with Crippen LogP contribution in [-0.4, -0.2) is 0 Å². The van der Waals surface area contributed by atoms with E-state index in [1.165, 1.54) is 27.1 Å². The number of nitrogens with one attached hydrogen (secondary N) is 2. The predicted molar refractivity (Wildman–Crippen MR) is 102 cm³/mol. The van der Waals surface area contributed by atoms with Gasteiger partial charge in [0.1, 0.15) is 0 Å². The van der Waals surface area contributed by atoms with Gasteiger partial charge in [-0.15, -0.1) is 0 Å². The average Bonchev–Trinajstić information content (AvgIpc) is 2.64. The van der Waals surface area contributed by atoms with Gasteiger partial charge in [-0.25, -0.2) is 11.1 Å². The van der Waals surface area contributed by atoms with E-state index < -0.39 is 0 Å². The summed E-state index contributed by atoms with van der Waals surface area (Å²) in [5, 5.41) is 5.08. The second-order valence-corrected chi connectivity index (χ2v) is 5.46. The summed E-state index contributed by atoms with van der Waals surface area (Å²) in [5.41, 5.74) is 17.8. The van der Waals surface area contributed by atoms with Crippen LogP contribution in [0, 0.1) is 18.0 Å². The number of nitrogen functional groups attached to an aromatic ring is 1. The van der Waals surface area contributed by atoms with Crippen molar-refractivity contribution < 1.29 is 0 Å². The third-order valence-corrected chi connectivity index (χ3v) is 3.68. The Morgan fingerprint density at radius 2 is 1.04 bits per heavy atom. The number of rotatable bonds is 0. The first kappa shape index (κ1) is 17.2. The Kier molecular flexibility index (Phi) is 6.03. The molecular weight excluding hydrogens is 294 g/mol. The minimum Gasteiger partial charge on any atom is -0.399 e. The smallest absolute Gasteiger partial charge is 0.0320 e. The van der Waals surface area contributed by atoms with Crippen molar-refractivity contribution in [1.29, 1.82) is 11.1 Å². The van der Waals surface area contributed by atoms with E-state index in [-0.39, 0.29) is 0 Å². The lowest BCUT2D eigenvalue weighted by Crippen LogP contribution is -1.82. The van der Waals surface area contributed by atoms with Crippen molar-refractivity contribution >= 4 is 27.2 Å². The molecule has 0 bridgehead atoms. The number of benzene rings is 4. The fourth-order valence-electron chi connectivity index (χ4n) is 2.52. The molecule has 0 atom stereocenters. The van der Waals surface area contributed by atoms with E-state index in [9.17, 15) is 0 Å². The third kappa shape index (κ3) is 4.40. The van der Waals surface area contributed by atoms with Gasteiger partial charge in [-0.2, -0.15) is 0 Å². The monoisotopic (exact) mass is 315 g/mol. The zero-order valence-electron chi connectivity index (χ0n) is 13.7. The largest absolute Gasteiger partial charge is 0.399 e. The van der Waals surface area contributed by atoms with Gasteiger partial charge in [0.05, 0.1) is 0 Å². The molecule has 4 aromatic rings. The van der Waals surface area contributed by atoms with Crippen molar-refractivity contribution in [3.8, 4) is 0 Å². The normalized spacial score (nSPS) is 9.54. The molecule has 3 heteroatoms. The molecule has 0 aliphatic heterocycles. The second kappa shape index (κ2) is 8.44. The van der Waals surface area contributed by atoms with Crippen LogP contribution in [0.4, 0.5) is 5.69 Å². The van der Waals surface area contributed by atoms with Crippen molar-refractivity contribution in [2.45, 2.75) is 6.92 Å². The van der Waals surface area contributed by atoms with Crippen LogP contribution < -0.4 is 5.73 Å². The number of anilines is 1. The van der Waals surface area contributed by atoms with Gasteiger partial charge in [-0.3, -0.25) is 0 Å². The van der Waals surface area contributed by atoms with Crippen LogP contribution in [0.15, 0.2) is 84.9 Å². The molecule has 4 aromatic carbocycles. The molecule has 0 heterocycles. The molecule has 0 unspecified atom stereocenters. The Bertz CT molecular complexity index is 855. The number of fused-ring (bicyclic) bond motifs is 2. The van der Waals surface area contributed by atoms with Gasteiger partial charge < -0.3 is 5.73 Å². The van der Waals surface area contributed by atoms with Crippen LogP contribution in [0.1, 0.15) is 5.56 Å². The maximum Gasteiger partial charge on any atom is 0.0320 e. The summed E-state index contributed by atoms with van der Waals surface area (Å²) in [5.74, 6) is 0. The fraction of sp³-hybridized carbons (Fsp3) is 0.0476. The highest BCUT2D eigenvalue weighted by atomic mass is 14.7. The Hall–Kier alpha value is -3.20. The van der Waals surface area contributed by atoms with E-state index in [2.05, 4.69) is 61.5 Å². The molecular formula is C21H21N3. The van der Waals surface area contributed by atoms with Gasteiger partial charge in [0.15, 0.2) is 0 Å². The van der Waals surface area contributed by atoms with E-state index in [1.54, 1.807) is 0 Å². The first-order valence-electron chi connectivity index (χ1n) is 7.67. The molecule has 3 nitrogen and oxygen atoms in total. The topological polar surface area (TPSA) is 73.7 Å². The Balaban J connectivity index is 0.000000158. The Morgan fingerprint density at radius 3 is 1.62 bits per heavy atom. The Labute approximate surface area is 142 Å². The number of nitrogens with two attached hydrogens (primary N) is 1. The number of hydrogen-bond donors (Lipinski definition) is 3. The first-order valence-corrected chi connectivity index (χ1v) is 7.67. The molecule has 0 radical (unpaired) electrons. The zero-order chi connectivity index (χ0) is 17.4. The quantitative estimate of drug-likeness (QED) is 0.263. The van der Waals surface area contributed by atoms with Crippen molar-refractivity contribution in [3.05, 3.63) is 90.5 Å². The summed E-state index contributed by atoms with van der Waals surface area (Å²) in [4.78, 5) is 0. The standard InChI is InChI=1S/C11H10.C10H9N.H2N2/c1-9-6-7-10-4-2-3-5-11(10)8-9;11-10-6-5-8-3-1-2-4-9(8)7-10;1-2/h2-8H,1H3;1-7H,11H2;1-2H. The summed E-state index contributed by atoms with van der Waals surface area (Å²) in [6, 6.07) is 29.0. The van der Waals surface area contributed by atoms with Gasteiger partial charge in [0.25, 0.3) is 0 Å². The molecule has 0 spiro atoms. The van der Waals surface area contributed by atoms with Crippen LogP contribution in [0.5, 0.6) is 0 Å². The molecule has 0 saturated heterocycles. The van der Waals surface area contributed by atoms with E-state index in [0.29, 0.717) is 0 Å². The molecule has 0 aliphatic carbocycles. The Morgan fingerprint density at radius 1 is 0.583 bits per heavy atom. The molecule has 120 valence electrons. The lowest BCUT2D eigenvalue weighted by Gasteiger charge is -1.96. The minimum absolute atomic E-state index is 0.823. The van der Waals surface area contributed by atoms with Crippen LogP contribution >= 0.6 is 0 Å². The third-order valence-electron chi connectivity index (χ3n) is 3.68. The maximum absolute atomic E-state index is 5.62. The van der Waals surface area contributed by atoms with Gasteiger partial charge in [-0.05, 0) is 40.6 Å². The summed E-state index contributed by atoms with van der Waals surface area (Å²) in [6.45, 7) is 2.12. The molecule has 0 saturated carbocycles. The van der Waals surface area contributed by atoms with E-state index in [0.717, 1.165) is 5.69 Å². The fourth-order valence-corrected chi connectivity index (χ4v) is 2.52. The molecule has 24 heavy (non-hydrogen) atoms. The molecule has 0 amide bonds. The van der Waals surface area contributed by atoms with E-state index >= 15 is 0 Å². The molecule has 0 aliphatic rings. The van der Waals surface area contributed by atoms with Crippen LogP contribution in [0.25, 0.3) is 21.5 Å². The van der Waals surface area contributed by atoms with E-state index in [4.69, 9.17) is 16.8 Å². The predicted octanol–water partition coefficient (Wildman–Crippen LogP) is 6.17. The van der Waals surface area contributed by atoms with Gasteiger partial charge in [0.2, 0.25) is 0 Å². The van der Waals surface area contributed by atoms with Crippen LogP contribution in [0.3, 0.4) is 0 Å². The van der Waals surface area contributed by atoms with E-state index in [1.807, 2.05) is 30.3 Å². The van der Waals surface area contributed by atoms with Crippen molar-refractivity contribution in [2.24, 2.45) is 0 Å². The average molecular weight is 315 g/mol. The zero-order valence-corrected chi connectivity index (χ0v) is 13.7. The van der Waals surface area contributed by atoms with Gasteiger partial charge in [0, 0.05) is 5.69 Å². The van der Waals surface area contributed by atoms with Crippen LogP contribution in [-0.2, 0) is 0 Å². The minimum atomic E-state index is 0.823. The second-order valence-electron chi connectivity index (χ2n) is 5.46. The van der Waals surface area contributed by atoms with Gasteiger partial charge in [-0.1, -0.05) is 78.4 Å². The summed E-state index contributed by atoms with van der Waals surface area (Å²) in [7, 11) is 0.